The van der Waals surface area contributed by atoms with Crippen LogP contribution >= 0.6 is 0 Å². The molecule has 0 bridgehead atoms. The second-order valence-corrected chi connectivity index (χ2v) is 3.88. The van der Waals surface area contributed by atoms with Crippen LogP contribution in [0.1, 0.15) is 18.0 Å². The van der Waals surface area contributed by atoms with Crippen molar-refractivity contribution in [3.05, 3.63) is 36.0 Å². The summed E-state index contributed by atoms with van der Waals surface area (Å²) in [4.78, 5) is 3.15. The van der Waals surface area contributed by atoms with Gasteiger partial charge in [-0.15, -0.1) is 0 Å². The number of H-pyrrole nitrogens is 1. The van der Waals surface area contributed by atoms with Gasteiger partial charge in [-0.1, -0.05) is 18.2 Å². The number of aromatic amines is 1. The number of nitriles is 1. The Labute approximate surface area is 99.9 Å². The maximum absolute atomic E-state index is 9.17. The summed E-state index contributed by atoms with van der Waals surface area (Å²) in [6.07, 6.45) is 2.52. The highest BCUT2D eigenvalue weighted by atomic mass is 16.3. The van der Waals surface area contributed by atoms with Crippen molar-refractivity contribution < 1.29 is 5.11 Å². The normalized spacial score (nSPS) is 12.5. The van der Waals surface area contributed by atoms with Crippen LogP contribution in [0.25, 0.3) is 10.9 Å². The molecule has 0 spiro atoms. The van der Waals surface area contributed by atoms with E-state index in [0.717, 1.165) is 16.5 Å². The summed E-state index contributed by atoms with van der Waals surface area (Å²) in [6, 6.07) is 9.82. The fraction of sp³-hybridized carbons (Fsp3) is 0.308. The number of aliphatic hydroxyl groups excluding tert-OH is 1. The minimum atomic E-state index is -0.335. The molecule has 0 fully saturated rings. The standard InChI is InChI=1S/C13H15N3O/c14-8-13(15-6-3-7-17)11-9-16-12-5-2-1-4-10(11)12/h1-2,4-5,9,13,15-17H,3,6-7H2. The van der Waals surface area contributed by atoms with E-state index in [2.05, 4.69) is 16.4 Å². The molecule has 0 saturated carbocycles. The molecule has 17 heavy (non-hydrogen) atoms. The van der Waals surface area contributed by atoms with E-state index in [1.807, 2.05) is 30.5 Å². The van der Waals surface area contributed by atoms with Gasteiger partial charge in [-0.05, 0) is 19.0 Å². The molecule has 0 aliphatic rings. The Morgan fingerprint density at radius 1 is 1.41 bits per heavy atom. The van der Waals surface area contributed by atoms with Gasteiger partial charge < -0.3 is 10.1 Å². The molecule has 4 heteroatoms. The summed E-state index contributed by atoms with van der Waals surface area (Å²) >= 11 is 0. The Balaban J connectivity index is 2.22. The third-order valence-electron chi connectivity index (χ3n) is 2.74. The van der Waals surface area contributed by atoms with Crippen molar-refractivity contribution in [2.75, 3.05) is 13.2 Å². The number of nitrogens with one attached hydrogen (secondary N) is 2. The molecule has 1 aromatic carbocycles. The molecule has 3 N–H and O–H groups in total. The smallest absolute Gasteiger partial charge is 0.123 e. The molecule has 1 unspecified atom stereocenters. The van der Waals surface area contributed by atoms with E-state index in [4.69, 9.17) is 10.4 Å². The predicted molar refractivity (Wildman–Crippen MR) is 66.4 cm³/mol. The number of rotatable bonds is 5. The van der Waals surface area contributed by atoms with Gasteiger partial charge in [0.25, 0.3) is 0 Å². The van der Waals surface area contributed by atoms with Gasteiger partial charge in [-0.25, -0.2) is 0 Å². The second kappa shape index (κ2) is 5.48. The van der Waals surface area contributed by atoms with E-state index in [-0.39, 0.29) is 12.6 Å². The van der Waals surface area contributed by atoms with Crippen LogP contribution in [0.5, 0.6) is 0 Å². The van der Waals surface area contributed by atoms with E-state index in [1.165, 1.54) is 0 Å². The van der Waals surface area contributed by atoms with Gasteiger partial charge in [-0.3, -0.25) is 5.32 Å². The zero-order valence-corrected chi connectivity index (χ0v) is 9.48. The number of hydrogen-bond acceptors (Lipinski definition) is 3. The molecule has 0 aliphatic heterocycles. The highest BCUT2D eigenvalue weighted by Gasteiger charge is 2.13. The molecule has 0 aliphatic carbocycles. The van der Waals surface area contributed by atoms with Gasteiger partial charge in [-0.2, -0.15) is 5.26 Å². The van der Waals surface area contributed by atoms with Gasteiger partial charge in [0.2, 0.25) is 0 Å². The van der Waals surface area contributed by atoms with Crippen molar-refractivity contribution in [1.29, 1.82) is 5.26 Å². The third kappa shape index (κ3) is 2.47. The van der Waals surface area contributed by atoms with Crippen LogP contribution in [0, 0.1) is 11.3 Å². The first-order valence-corrected chi connectivity index (χ1v) is 5.66. The van der Waals surface area contributed by atoms with Crippen molar-refractivity contribution in [2.45, 2.75) is 12.5 Å². The third-order valence-corrected chi connectivity index (χ3v) is 2.74. The molecule has 2 aromatic rings. The Morgan fingerprint density at radius 3 is 3.00 bits per heavy atom. The van der Waals surface area contributed by atoms with Crippen LogP contribution in [0.15, 0.2) is 30.5 Å². The molecule has 1 aromatic heterocycles. The fourth-order valence-corrected chi connectivity index (χ4v) is 1.88. The van der Waals surface area contributed by atoms with Gasteiger partial charge in [0.1, 0.15) is 6.04 Å². The van der Waals surface area contributed by atoms with Crippen molar-refractivity contribution >= 4 is 10.9 Å². The van der Waals surface area contributed by atoms with E-state index in [9.17, 15) is 0 Å². The lowest BCUT2D eigenvalue weighted by molar-refractivity contribution is 0.285. The number of para-hydroxylation sites is 1. The van der Waals surface area contributed by atoms with Gasteiger partial charge in [0, 0.05) is 29.3 Å². The number of hydrogen-bond donors (Lipinski definition) is 3. The summed E-state index contributed by atoms with van der Waals surface area (Å²) in [5.74, 6) is 0. The van der Waals surface area contributed by atoms with E-state index >= 15 is 0 Å². The average molecular weight is 229 g/mol. The second-order valence-electron chi connectivity index (χ2n) is 3.88. The fourth-order valence-electron chi connectivity index (χ4n) is 1.88. The van der Waals surface area contributed by atoms with Crippen LogP contribution in [0.4, 0.5) is 0 Å². The molecule has 1 atom stereocenters. The number of aromatic nitrogens is 1. The van der Waals surface area contributed by atoms with Crippen LogP contribution in [-0.2, 0) is 0 Å². The highest BCUT2D eigenvalue weighted by Crippen LogP contribution is 2.23. The van der Waals surface area contributed by atoms with Crippen molar-refractivity contribution in [3.8, 4) is 6.07 Å². The summed E-state index contributed by atoms with van der Waals surface area (Å²) in [5.41, 5.74) is 1.99. The Bertz CT molecular complexity index is 527. The number of benzene rings is 1. The van der Waals surface area contributed by atoms with Crippen molar-refractivity contribution in [3.63, 3.8) is 0 Å². The number of fused-ring (bicyclic) bond motifs is 1. The van der Waals surface area contributed by atoms with Crippen LogP contribution in [0.2, 0.25) is 0 Å². The number of nitrogens with zero attached hydrogens (tertiary/aromatic N) is 1. The molecule has 4 nitrogen and oxygen atoms in total. The summed E-state index contributed by atoms with van der Waals surface area (Å²) in [6.45, 7) is 0.771. The first-order valence-electron chi connectivity index (χ1n) is 5.66. The van der Waals surface area contributed by atoms with Gasteiger partial charge in [0.15, 0.2) is 0 Å². The largest absolute Gasteiger partial charge is 0.396 e. The SMILES string of the molecule is N#CC(NCCCO)c1c[nH]c2ccccc12. The van der Waals surface area contributed by atoms with E-state index in [1.54, 1.807) is 0 Å². The quantitative estimate of drug-likeness (QED) is 0.683. The van der Waals surface area contributed by atoms with Crippen molar-refractivity contribution in [1.82, 2.24) is 10.3 Å². The Kier molecular flexibility index (Phi) is 3.76. The predicted octanol–water partition coefficient (Wildman–Crippen LogP) is 1.70. The highest BCUT2D eigenvalue weighted by molar-refractivity contribution is 5.83. The maximum Gasteiger partial charge on any atom is 0.123 e. The zero-order chi connectivity index (χ0) is 12.1. The molecule has 1 heterocycles. The molecule has 2 rings (SSSR count). The Morgan fingerprint density at radius 2 is 2.24 bits per heavy atom. The minimum absolute atomic E-state index is 0.138. The van der Waals surface area contributed by atoms with E-state index in [0.29, 0.717) is 13.0 Å². The lowest BCUT2D eigenvalue weighted by Gasteiger charge is -2.09. The molecule has 0 saturated heterocycles. The molecular formula is C13H15N3O. The first-order chi connectivity index (χ1) is 8.36. The average Bonchev–Trinajstić information content (AvgIpc) is 2.79. The van der Waals surface area contributed by atoms with Gasteiger partial charge >= 0.3 is 0 Å². The number of aliphatic hydroxyl groups is 1. The molecule has 0 radical (unpaired) electrons. The maximum atomic E-state index is 9.17. The van der Waals surface area contributed by atoms with Crippen LogP contribution in [-0.4, -0.2) is 23.2 Å². The van der Waals surface area contributed by atoms with Gasteiger partial charge in [0.05, 0.1) is 6.07 Å². The zero-order valence-electron chi connectivity index (χ0n) is 9.48. The lowest BCUT2D eigenvalue weighted by atomic mass is 10.1. The van der Waals surface area contributed by atoms with Crippen LogP contribution in [0.3, 0.4) is 0 Å². The molecular weight excluding hydrogens is 214 g/mol. The summed E-state index contributed by atoms with van der Waals surface area (Å²) in [7, 11) is 0. The van der Waals surface area contributed by atoms with Crippen LogP contribution < -0.4 is 5.32 Å². The first kappa shape index (κ1) is 11.6. The molecule has 88 valence electrons. The van der Waals surface area contributed by atoms with E-state index < -0.39 is 0 Å². The molecule has 0 amide bonds. The topological polar surface area (TPSA) is 71.8 Å². The minimum Gasteiger partial charge on any atom is -0.396 e. The van der Waals surface area contributed by atoms with Crippen molar-refractivity contribution in [2.24, 2.45) is 0 Å². The summed E-state index contributed by atoms with van der Waals surface area (Å²) < 4.78 is 0. The summed E-state index contributed by atoms with van der Waals surface area (Å²) in [5, 5.41) is 22.1. The Hall–Kier alpha value is -1.83. The monoisotopic (exact) mass is 229 g/mol. The lowest BCUT2D eigenvalue weighted by Crippen LogP contribution is -2.21.